The predicted molar refractivity (Wildman–Crippen MR) is 119 cm³/mol. The summed E-state index contributed by atoms with van der Waals surface area (Å²) in [4.78, 5) is 4.48. The van der Waals surface area contributed by atoms with Crippen molar-refractivity contribution < 1.29 is 21.6 Å². The zero-order valence-electron chi connectivity index (χ0n) is 17.7. The Hall–Kier alpha value is -3.54. The summed E-state index contributed by atoms with van der Waals surface area (Å²) < 4.78 is 65.1. The van der Waals surface area contributed by atoms with E-state index >= 15 is 0 Å². The van der Waals surface area contributed by atoms with E-state index in [0.717, 1.165) is 6.07 Å². The van der Waals surface area contributed by atoms with Gasteiger partial charge in [0.05, 0.1) is 17.1 Å². The van der Waals surface area contributed by atoms with Crippen LogP contribution in [0, 0.1) is 17.5 Å². The molecule has 0 aliphatic heterocycles. The molecular weight excluding hydrogens is 467 g/mol. The number of benzene rings is 3. The number of nitrogens with one attached hydrogen (secondary N) is 1. The van der Waals surface area contributed by atoms with E-state index in [-0.39, 0.29) is 30.2 Å². The van der Waals surface area contributed by atoms with Gasteiger partial charge in [-0.05, 0) is 59.7 Å². The van der Waals surface area contributed by atoms with Gasteiger partial charge in [0.2, 0.25) is 10.0 Å². The van der Waals surface area contributed by atoms with Crippen LogP contribution in [0.1, 0.15) is 22.8 Å². The Morgan fingerprint density at radius 2 is 1.53 bits per heavy atom. The molecule has 34 heavy (non-hydrogen) atoms. The molecular formula is C23H20F3N5O2S. The molecule has 0 aliphatic rings. The van der Waals surface area contributed by atoms with Gasteiger partial charge >= 0.3 is 0 Å². The molecule has 4 rings (SSSR count). The number of rotatable bonds is 8. The molecule has 3 N–H and O–H groups in total. The molecule has 0 atom stereocenters. The van der Waals surface area contributed by atoms with Crippen molar-refractivity contribution in [3.05, 3.63) is 107 Å². The first-order chi connectivity index (χ1) is 16.2. The van der Waals surface area contributed by atoms with Crippen molar-refractivity contribution in [2.24, 2.45) is 5.14 Å². The Bertz CT molecular complexity index is 1400. The second-order valence-electron chi connectivity index (χ2n) is 7.58. The van der Waals surface area contributed by atoms with Gasteiger partial charge in [-0.15, -0.1) is 5.10 Å². The second kappa shape index (κ2) is 9.75. The van der Waals surface area contributed by atoms with Crippen LogP contribution < -0.4 is 10.5 Å². The van der Waals surface area contributed by atoms with Crippen molar-refractivity contribution >= 4 is 10.0 Å². The lowest BCUT2D eigenvalue weighted by molar-refractivity contribution is 0.573. The third kappa shape index (κ3) is 5.87. The van der Waals surface area contributed by atoms with Crippen LogP contribution in [0.4, 0.5) is 13.2 Å². The zero-order chi connectivity index (χ0) is 24.3. The summed E-state index contributed by atoms with van der Waals surface area (Å²) in [6.45, 7) is 0.377. The maximum absolute atomic E-state index is 13.7. The molecule has 0 fully saturated rings. The standard InChI is InChI=1S/C23H20F3N5O2S/c24-17-3-1-2-15(8-17)11-23-29-22(14-28-13-16-9-18(25)12-19(26)10-16)30-31(23)20-4-6-21(7-5-20)34(27,32)33/h1-10,12,28H,11,13-14H2,(H2,27,32,33). The van der Waals surface area contributed by atoms with E-state index in [2.05, 4.69) is 15.4 Å². The minimum atomic E-state index is -3.85. The Labute approximate surface area is 194 Å². The smallest absolute Gasteiger partial charge is 0.238 e. The Balaban J connectivity index is 1.59. The van der Waals surface area contributed by atoms with Gasteiger partial charge in [0.1, 0.15) is 23.3 Å². The molecule has 0 spiro atoms. The van der Waals surface area contributed by atoms with Crippen molar-refractivity contribution in [2.45, 2.75) is 24.4 Å². The van der Waals surface area contributed by atoms with E-state index in [1.54, 1.807) is 12.1 Å². The van der Waals surface area contributed by atoms with Crippen molar-refractivity contribution in [1.29, 1.82) is 0 Å². The topological polar surface area (TPSA) is 103 Å². The average molecular weight is 488 g/mol. The third-order valence-corrected chi connectivity index (χ3v) is 5.84. The van der Waals surface area contributed by atoms with Gasteiger partial charge in [0, 0.05) is 19.0 Å². The first-order valence-electron chi connectivity index (χ1n) is 10.2. The molecule has 0 radical (unpaired) electrons. The monoisotopic (exact) mass is 487 g/mol. The molecule has 11 heteroatoms. The summed E-state index contributed by atoms with van der Waals surface area (Å²) in [5.41, 5.74) is 1.63. The number of aromatic nitrogens is 3. The molecule has 3 aromatic carbocycles. The van der Waals surface area contributed by atoms with Gasteiger partial charge in [-0.25, -0.2) is 36.4 Å². The molecule has 1 aromatic heterocycles. The number of hydrogen-bond acceptors (Lipinski definition) is 5. The van der Waals surface area contributed by atoms with Crippen molar-refractivity contribution in [3.63, 3.8) is 0 Å². The van der Waals surface area contributed by atoms with Gasteiger partial charge in [-0.3, -0.25) is 0 Å². The second-order valence-corrected chi connectivity index (χ2v) is 9.14. The van der Waals surface area contributed by atoms with E-state index in [1.807, 2.05) is 0 Å². The highest BCUT2D eigenvalue weighted by Gasteiger charge is 2.14. The lowest BCUT2D eigenvalue weighted by atomic mass is 10.1. The number of nitrogens with zero attached hydrogens (tertiary/aromatic N) is 3. The molecule has 0 aliphatic carbocycles. The largest absolute Gasteiger partial charge is 0.306 e. The molecule has 0 unspecified atom stereocenters. The number of sulfonamides is 1. The molecule has 4 aromatic rings. The third-order valence-electron chi connectivity index (χ3n) is 4.91. The van der Waals surface area contributed by atoms with Crippen LogP contribution in [0.2, 0.25) is 0 Å². The SMILES string of the molecule is NS(=O)(=O)c1ccc(-n2nc(CNCc3cc(F)cc(F)c3)nc2Cc2cccc(F)c2)cc1. The highest BCUT2D eigenvalue weighted by molar-refractivity contribution is 7.89. The lowest BCUT2D eigenvalue weighted by Gasteiger charge is -2.07. The summed E-state index contributed by atoms with van der Waals surface area (Å²) >= 11 is 0. The maximum Gasteiger partial charge on any atom is 0.238 e. The average Bonchev–Trinajstić information content (AvgIpc) is 3.15. The minimum absolute atomic E-state index is 0.0488. The molecule has 0 bridgehead atoms. The summed E-state index contributed by atoms with van der Waals surface area (Å²) in [6.07, 6.45) is 0.261. The number of halogens is 3. The van der Waals surface area contributed by atoms with Crippen LogP contribution in [0.5, 0.6) is 0 Å². The van der Waals surface area contributed by atoms with Crippen LogP contribution >= 0.6 is 0 Å². The maximum atomic E-state index is 13.7. The Kier molecular flexibility index (Phi) is 6.77. The fourth-order valence-corrected chi connectivity index (χ4v) is 3.94. The highest BCUT2D eigenvalue weighted by atomic mass is 32.2. The van der Waals surface area contributed by atoms with Gasteiger partial charge < -0.3 is 5.32 Å². The Morgan fingerprint density at radius 3 is 2.18 bits per heavy atom. The van der Waals surface area contributed by atoms with Gasteiger partial charge in [-0.1, -0.05) is 12.1 Å². The van der Waals surface area contributed by atoms with Crippen molar-refractivity contribution in [2.75, 3.05) is 0 Å². The summed E-state index contributed by atoms with van der Waals surface area (Å²) in [5.74, 6) is -0.842. The molecule has 0 saturated heterocycles. The van der Waals surface area contributed by atoms with Crippen molar-refractivity contribution in [3.8, 4) is 5.69 Å². The molecule has 7 nitrogen and oxygen atoms in total. The van der Waals surface area contributed by atoms with Crippen LogP contribution in [0.15, 0.2) is 71.6 Å². The highest BCUT2D eigenvalue weighted by Crippen LogP contribution is 2.17. The van der Waals surface area contributed by atoms with Crippen LogP contribution in [0.3, 0.4) is 0 Å². The number of nitrogens with two attached hydrogens (primary N) is 1. The van der Waals surface area contributed by atoms with Gasteiger partial charge in [0.15, 0.2) is 5.82 Å². The molecule has 1 heterocycles. The normalized spacial score (nSPS) is 11.6. The Morgan fingerprint density at radius 1 is 0.853 bits per heavy atom. The van der Waals surface area contributed by atoms with Gasteiger partial charge in [-0.2, -0.15) is 0 Å². The number of hydrogen-bond donors (Lipinski definition) is 2. The lowest BCUT2D eigenvalue weighted by Crippen LogP contribution is -2.14. The summed E-state index contributed by atoms with van der Waals surface area (Å²) in [6, 6.07) is 15.1. The first-order valence-corrected chi connectivity index (χ1v) is 11.7. The minimum Gasteiger partial charge on any atom is -0.306 e. The van der Waals surface area contributed by atoms with E-state index in [4.69, 9.17) is 5.14 Å². The predicted octanol–water partition coefficient (Wildman–Crippen LogP) is 3.21. The van der Waals surface area contributed by atoms with Crippen LogP contribution in [0.25, 0.3) is 5.69 Å². The van der Waals surface area contributed by atoms with Gasteiger partial charge in [0.25, 0.3) is 0 Å². The molecule has 176 valence electrons. The zero-order valence-corrected chi connectivity index (χ0v) is 18.6. The summed E-state index contributed by atoms with van der Waals surface area (Å²) in [5, 5.41) is 12.7. The van der Waals surface area contributed by atoms with Crippen LogP contribution in [-0.2, 0) is 29.5 Å². The molecule has 0 saturated carbocycles. The van der Waals surface area contributed by atoms with E-state index in [9.17, 15) is 21.6 Å². The first kappa shape index (κ1) is 23.6. The van der Waals surface area contributed by atoms with E-state index < -0.39 is 21.7 Å². The quantitative estimate of drug-likeness (QED) is 0.397. The van der Waals surface area contributed by atoms with E-state index in [1.165, 1.54) is 53.2 Å². The molecule has 0 amide bonds. The van der Waals surface area contributed by atoms with Crippen molar-refractivity contribution in [1.82, 2.24) is 20.1 Å². The number of primary sulfonamides is 1. The van der Waals surface area contributed by atoms with E-state index in [0.29, 0.717) is 28.5 Å². The summed E-state index contributed by atoms with van der Waals surface area (Å²) in [7, 11) is -3.85. The fraction of sp³-hybridized carbons (Fsp3) is 0.130. The fourth-order valence-electron chi connectivity index (χ4n) is 3.43. The van der Waals surface area contributed by atoms with Crippen LogP contribution in [-0.4, -0.2) is 23.2 Å².